The van der Waals surface area contributed by atoms with E-state index >= 15 is 0 Å². The van der Waals surface area contributed by atoms with Crippen LogP contribution < -0.4 is 20.9 Å². The van der Waals surface area contributed by atoms with Gasteiger partial charge in [-0.25, -0.2) is 0 Å². The summed E-state index contributed by atoms with van der Waals surface area (Å²) in [6.07, 6.45) is 1.58. The molecule has 2 heterocycles. The second-order valence-electron chi connectivity index (χ2n) is 5.17. The fourth-order valence-corrected chi connectivity index (χ4v) is 2.29. The predicted molar refractivity (Wildman–Crippen MR) is 90.5 cm³/mol. The molecule has 0 saturated carbocycles. The molecular formula is C16H18ClN3O3. The molecule has 1 aliphatic heterocycles. The van der Waals surface area contributed by atoms with Crippen LogP contribution in [0, 0.1) is 0 Å². The minimum absolute atomic E-state index is 0. The number of aromatic nitrogens is 1. The van der Waals surface area contributed by atoms with Crippen LogP contribution >= 0.6 is 12.4 Å². The highest BCUT2D eigenvalue weighted by Crippen LogP contribution is 2.24. The summed E-state index contributed by atoms with van der Waals surface area (Å²) < 4.78 is 7.02. The number of amides is 1. The third-order valence-corrected chi connectivity index (χ3v) is 3.54. The van der Waals surface area contributed by atoms with Crippen molar-refractivity contribution in [1.82, 2.24) is 9.88 Å². The Kier molecular flexibility index (Phi) is 5.41. The van der Waals surface area contributed by atoms with E-state index in [4.69, 9.17) is 4.74 Å². The number of rotatable bonds is 2. The SMILES string of the molecule is Cl.Cn1ccc(C(=O)Nc2ccc3c(c2)CNCCO3)cc1=O. The molecule has 0 atom stereocenters. The maximum absolute atomic E-state index is 12.2. The molecule has 6 nitrogen and oxygen atoms in total. The zero-order valence-corrected chi connectivity index (χ0v) is 13.5. The van der Waals surface area contributed by atoms with Gasteiger partial charge in [-0.15, -0.1) is 12.4 Å². The van der Waals surface area contributed by atoms with Gasteiger partial charge in [0.15, 0.2) is 0 Å². The molecule has 0 bridgehead atoms. The molecule has 23 heavy (non-hydrogen) atoms. The number of hydrogen-bond donors (Lipinski definition) is 2. The maximum atomic E-state index is 12.2. The summed E-state index contributed by atoms with van der Waals surface area (Å²) in [6.45, 7) is 2.13. The number of benzene rings is 1. The molecule has 1 aromatic heterocycles. The van der Waals surface area contributed by atoms with Gasteiger partial charge in [-0.05, 0) is 24.3 Å². The third-order valence-electron chi connectivity index (χ3n) is 3.54. The van der Waals surface area contributed by atoms with Crippen LogP contribution in [0.4, 0.5) is 5.69 Å². The summed E-state index contributed by atoms with van der Waals surface area (Å²) in [4.78, 5) is 23.8. The van der Waals surface area contributed by atoms with Crippen LogP contribution in [0.3, 0.4) is 0 Å². The standard InChI is InChI=1S/C16H17N3O3.ClH/c1-19-6-4-11(9-15(19)20)16(21)18-13-2-3-14-12(8-13)10-17-5-7-22-14;/h2-4,6,8-9,17H,5,7,10H2,1H3,(H,18,21);1H. The zero-order chi connectivity index (χ0) is 15.5. The van der Waals surface area contributed by atoms with Crippen LogP contribution in [0.25, 0.3) is 0 Å². The van der Waals surface area contributed by atoms with Crippen molar-refractivity contribution in [3.8, 4) is 5.75 Å². The van der Waals surface area contributed by atoms with Gasteiger partial charge >= 0.3 is 0 Å². The Balaban J connectivity index is 0.00000192. The Hall–Kier alpha value is -2.31. The number of pyridine rings is 1. The van der Waals surface area contributed by atoms with Crippen molar-refractivity contribution >= 4 is 24.0 Å². The largest absolute Gasteiger partial charge is 0.492 e. The first kappa shape index (κ1) is 17.1. The first-order chi connectivity index (χ1) is 10.6. The first-order valence-corrected chi connectivity index (χ1v) is 7.08. The molecule has 0 radical (unpaired) electrons. The number of anilines is 1. The Morgan fingerprint density at radius 2 is 2.13 bits per heavy atom. The number of carbonyl (C=O) groups is 1. The van der Waals surface area contributed by atoms with E-state index in [9.17, 15) is 9.59 Å². The third kappa shape index (κ3) is 3.91. The summed E-state index contributed by atoms with van der Waals surface area (Å²) in [7, 11) is 1.64. The second-order valence-corrected chi connectivity index (χ2v) is 5.17. The van der Waals surface area contributed by atoms with Crippen molar-refractivity contribution in [1.29, 1.82) is 0 Å². The number of ether oxygens (including phenoxy) is 1. The number of nitrogens with one attached hydrogen (secondary N) is 2. The lowest BCUT2D eigenvalue weighted by Crippen LogP contribution is -2.20. The van der Waals surface area contributed by atoms with Crippen molar-refractivity contribution in [2.75, 3.05) is 18.5 Å². The molecular weight excluding hydrogens is 318 g/mol. The Bertz CT molecular complexity index is 773. The van der Waals surface area contributed by atoms with Gasteiger partial charge in [-0.3, -0.25) is 9.59 Å². The van der Waals surface area contributed by atoms with Gasteiger partial charge < -0.3 is 19.9 Å². The number of aryl methyl sites for hydroxylation is 1. The molecule has 1 aromatic carbocycles. The Morgan fingerprint density at radius 1 is 1.30 bits per heavy atom. The fraction of sp³-hybridized carbons (Fsp3) is 0.250. The average Bonchev–Trinajstić information content (AvgIpc) is 2.74. The van der Waals surface area contributed by atoms with E-state index in [1.54, 1.807) is 25.4 Å². The highest BCUT2D eigenvalue weighted by molar-refractivity contribution is 6.04. The molecule has 1 aliphatic rings. The van der Waals surface area contributed by atoms with Crippen LogP contribution in [0.15, 0.2) is 41.3 Å². The quantitative estimate of drug-likeness (QED) is 0.873. The molecule has 2 N–H and O–H groups in total. The molecule has 3 rings (SSSR count). The first-order valence-electron chi connectivity index (χ1n) is 7.08. The molecule has 0 spiro atoms. The lowest BCUT2D eigenvalue weighted by atomic mass is 10.1. The van der Waals surface area contributed by atoms with E-state index in [0.717, 1.165) is 17.9 Å². The molecule has 2 aromatic rings. The van der Waals surface area contributed by atoms with E-state index in [1.807, 2.05) is 12.1 Å². The maximum Gasteiger partial charge on any atom is 0.255 e. The molecule has 1 amide bonds. The van der Waals surface area contributed by atoms with Crippen molar-refractivity contribution in [3.63, 3.8) is 0 Å². The van der Waals surface area contributed by atoms with Gasteiger partial charge in [0.05, 0.1) is 0 Å². The van der Waals surface area contributed by atoms with Crippen LogP contribution in [-0.4, -0.2) is 23.6 Å². The minimum atomic E-state index is -0.305. The van der Waals surface area contributed by atoms with Crippen molar-refractivity contribution in [3.05, 3.63) is 58.0 Å². The van der Waals surface area contributed by atoms with E-state index in [-0.39, 0.29) is 23.9 Å². The van der Waals surface area contributed by atoms with E-state index in [0.29, 0.717) is 24.4 Å². The highest BCUT2D eigenvalue weighted by Gasteiger charge is 2.11. The predicted octanol–water partition coefficient (Wildman–Crippen LogP) is 1.54. The lowest BCUT2D eigenvalue weighted by Gasteiger charge is -2.10. The summed E-state index contributed by atoms with van der Waals surface area (Å²) in [5.74, 6) is 0.525. The number of carbonyl (C=O) groups excluding carboxylic acids is 1. The number of fused-ring (bicyclic) bond motifs is 1. The van der Waals surface area contributed by atoms with Crippen molar-refractivity contribution < 1.29 is 9.53 Å². The minimum Gasteiger partial charge on any atom is -0.492 e. The normalized spacial score (nSPS) is 13.1. The van der Waals surface area contributed by atoms with Gasteiger partial charge in [0.1, 0.15) is 12.4 Å². The van der Waals surface area contributed by atoms with Crippen molar-refractivity contribution in [2.24, 2.45) is 7.05 Å². The Labute approximate surface area is 139 Å². The van der Waals surface area contributed by atoms with E-state index in [1.165, 1.54) is 10.6 Å². The Morgan fingerprint density at radius 3 is 2.91 bits per heavy atom. The average molecular weight is 336 g/mol. The number of hydrogen-bond acceptors (Lipinski definition) is 4. The molecule has 122 valence electrons. The molecule has 0 aliphatic carbocycles. The smallest absolute Gasteiger partial charge is 0.255 e. The molecule has 0 fully saturated rings. The van der Waals surface area contributed by atoms with Gasteiger partial charge in [-0.2, -0.15) is 0 Å². The highest BCUT2D eigenvalue weighted by atomic mass is 35.5. The van der Waals surface area contributed by atoms with Crippen LogP contribution in [0.1, 0.15) is 15.9 Å². The van der Waals surface area contributed by atoms with Crippen LogP contribution in [0.5, 0.6) is 5.75 Å². The van der Waals surface area contributed by atoms with E-state index < -0.39 is 0 Å². The van der Waals surface area contributed by atoms with E-state index in [2.05, 4.69) is 10.6 Å². The zero-order valence-electron chi connectivity index (χ0n) is 12.7. The van der Waals surface area contributed by atoms with Gasteiger partial charge in [0.25, 0.3) is 11.5 Å². The van der Waals surface area contributed by atoms with Gasteiger partial charge in [0, 0.05) is 49.2 Å². The summed E-state index contributed by atoms with van der Waals surface area (Å²) in [6, 6.07) is 8.46. The molecule has 0 unspecified atom stereocenters. The summed E-state index contributed by atoms with van der Waals surface area (Å²) in [5.41, 5.74) is 1.80. The van der Waals surface area contributed by atoms with Crippen molar-refractivity contribution in [2.45, 2.75) is 6.54 Å². The fourth-order valence-electron chi connectivity index (χ4n) is 2.29. The van der Waals surface area contributed by atoms with Crippen LogP contribution in [-0.2, 0) is 13.6 Å². The number of halogens is 1. The molecule has 7 heteroatoms. The van der Waals surface area contributed by atoms with Gasteiger partial charge in [-0.1, -0.05) is 0 Å². The van der Waals surface area contributed by atoms with Gasteiger partial charge in [0.2, 0.25) is 0 Å². The monoisotopic (exact) mass is 335 g/mol. The second kappa shape index (κ2) is 7.30. The lowest BCUT2D eigenvalue weighted by molar-refractivity contribution is 0.102. The molecule has 0 saturated heterocycles. The van der Waals surface area contributed by atoms with Crippen LogP contribution in [0.2, 0.25) is 0 Å². The summed E-state index contributed by atoms with van der Waals surface area (Å²) in [5, 5.41) is 6.05. The topological polar surface area (TPSA) is 72.4 Å². The summed E-state index contributed by atoms with van der Waals surface area (Å²) >= 11 is 0. The number of nitrogens with zero attached hydrogens (tertiary/aromatic N) is 1.